The summed E-state index contributed by atoms with van der Waals surface area (Å²) < 4.78 is 0. The smallest absolute Gasteiger partial charge is 0.404 e. The van der Waals surface area contributed by atoms with Crippen LogP contribution in [0.2, 0.25) is 0 Å². The van der Waals surface area contributed by atoms with Crippen molar-refractivity contribution in [1.82, 2.24) is 5.32 Å². The average Bonchev–Trinajstić information content (AvgIpc) is 2.15. The summed E-state index contributed by atoms with van der Waals surface area (Å²) in [6.45, 7) is 0.219. The Kier molecular flexibility index (Phi) is 3.06. The van der Waals surface area contributed by atoms with Gasteiger partial charge in [-0.05, 0) is 11.6 Å². The van der Waals surface area contributed by atoms with Crippen LogP contribution in [0.4, 0.5) is 4.79 Å². The largest absolute Gasteiger partial charge is 0.465 e. The number of rotatable bonds is 3. The Morgan fingerprint density at radius 1 is 1.57 bits per heavy atom. The van der Waals surface area contributed by atoms with Crippen molar-refractivity contribution in [3.05, 3.63) is 35.4 Å². The van der Waals surface area contributed by atoms with Gasteiger partial charge in [0.05, 0.1) is 0 Å². The zero-order valence-corrected chi connectivity index (χ0v) is 7.45. The van der Waals surface area contributed by atoms with Gasteiger partial charge >= 0.3 is 6.09 Å². The molecule has 0 aliphatic heterocycles. The van der Waals surface area contributed by atoms with Crippen LogP contribution in [-0.2, 0) is 6.54 Å². The number of nitrogens with two attached hydrogens (primary N) is 1. The number of carboxylic acid groups (broad SMARTS) is 1. The number of hydrogen-bond donors (Lipinski definition) is 4. The Labute approximate surface area is 81.1 Å². The van der Waals surface area contributed by atoms with Crippen molar-refractivity contribution in [1.29, 1.82) is 5.41 Å². The molecule has 0 heterocycles. The third kappa shape index (κ3) is 2.78. The molecule has 0 aliphatic rings. The fraction of sp³-hybridized carbons (Fsp3) is 0.111. The van der Waals surface area contributed by atoms with Crippen LogP contribution in [0, 0.1) is 5.41 Å². The number of hydrogen-bond acceptors (Lipinski definition) is 2. The molecule has 0 saturated heterocycles. The van der Waals surface area contributed by atoms with Crippen molar-refractivity contribution in [2.75, 3.05) is 0 Å². The molecule has 0 aliphatic carbocycles. The highest BCUT2D eigenvalue weighted by Gasteiger charge is 1.99. The van der Waals surface area contributed by atoms with E-state index in [-0.39, 0.29) is 12.4 Å². The lowest BCUT2D eigenvalue weighted by atomic mass is 10.1. The second kappa shape index (κ2) is 4.27. The molecule has 0 unspecified atom stereocenters. The number of carbonyl (C=O) groups is 1. The Hall–Kier alpha value is -2.04. The minimum absolute atomic E-state index is 0.0258. The van der Waals surface area contributed by atoms with Gasteiger partial charge in [0.1, 0.15) is 5.84 Å². The van der Waals surface area contributed by atoms with E-state index in [1.807, 2.05) is 0 Å². The summed E-state index contributed by atoms with van der Waals surface area (Å²) in [6.07, 6.45) is -1.07. The molecule has 0 saturated carbocycles. The minimum atomic E-state index is -1.07. The van der Waals surface area contributed by atoms with Crippen LogP contribution < -0.4 is 11.1 Å². The van der Waals surface area contributed by atoms with Gasteiger partial charge in [0.2, 0.25) is 0 Å². The van der Waals surface area contributed by atoms with Crippen molar-refractivity contribution in [2.24, 2.45) is 5.73 Å². The molecule has 0 aromatic heterocycles. The van der Waals surface area contributed by atoms with Crippen molar-refractivity contribution < 1.29 is 9.90 Å². The summed E-state index contributed by atoms with van der Waals surface area (Å²) in [4.78, 5) is 10.2. The summed E-state index contributed by atoms with van der Waals surface area (Å²) in [7, 11) is 0. The maximum absolute atomic E-state index is 10.2. The number of amidine groups is 1. The van der Waals surface area contributed by atoms with E-state index in [1.165, 1.54) is 0 Å². The fourth-order valence-corrected chi connectivity index (χ4v) is 1.03. The summed E-state index contributed by atoms with van der Waals surface area (Å²) in [5, 5.41) is 17.8. The zero-order chi connectivity index (χ0) is 10.6. The van der Waals surface area contributed by atoms with Gasteiger partial charge in [0, 0.05) is 12.1 Å². The first kappa shape index (κ1) is 10.0. The molecule has 5 nitrogen and oxygen atoms in total. The van der Waals surface area contributed by atoms with Crippen molar-refractivity contribution in [3.63, 3.8) is 0 Å². The van der Waals surface area contributed by atoms with Crippen LogP contribution in [-0.4, -0.2) is 17.0 Å². The first-order valence-corrected chi connectivity index (χ1v) is 3.99. The molecule has 1 amide bonds. The van der Waals surface area contributed by atoms with E-state index >= 15 is 0 Å². The van der Waals surface area contributed by atoms with Gasteiger partial charge in [-0.15, -0.1) is 0 Å². The SMILES string of the molecule is N=C(N)c1cccc(CNC(=O)O)c1. The molecule has 14 heavy (non-hydrogen) atoms. The Morgan fingerprint density at radius 2 is 2.29 bits per heavy atom. The molecule has 0 bridgehead atoms. The van der Waals surface area contributed by atoms with Gasteiger partial charge < -0.3 is 16.2 Å². The lowest BCUT2D eigenvalue weighted by molar-refractivity contribution is 0.194. The monoisotopic (exact) mass is 193 g/mol. The van der Waals surface area contributed by atoms with Crippen molar-refractivity contribution >= 4 is 11.9 Å². The van der Waals surface area contributed by atoms with Crippen molar-refractivity contribution in [3.8, 4) is 0 Å². The van der Waals surface area contributed by atoms with Gasteiger partial charge in [-0.3, -0.25) is 5.41 Å². The maximum atomic E-state index is 10.2. The normalized spacial score (nSPS) is 9.43. The van der Waals surface area contributed by atoms with Crippen LogP contribution in [0.5, 0.6) is 0 Å². The van der Waals surface area contributed by atoms with Crippen LogP contribution >= 0.6 is 0 Å². The van der Waals surface area contributed by atoms with Crippen molar-refractivity contribution in [2.45, 2.75) is 6.54 Å². The molecule has 0 fully saturated rings. The Bertz CT molecular complexity index is 363. The van der Waals surface area contributed by atoms with E-state index < -0.39 is 6.09 Å². The van der Waals surface area contributed by atoms with E-state index in [2.05, 4.69) is 5.32 Å². The van der Waals surface area contributed by atoms with Gasteiger partial charge in [-0.2, -0.15) is 0 Å². The highest BCUT2D eigenvalue weighted by Crippen LogP contribution is 2.04. The highest BCUT2D eigenvalue weighted by atomic mass is 16.4. The summed E-state index contributed by atoms with van der Waals surface area (Å²) in [6, 6.07) is 6.88. The molecule has 1 rings (SSSR count). The van der Waals surface area contributed by atoms with Gasteiger partial charge in [-0.1, -0.05) is 18.2 Å². The van der Waals surface area contributed by atoms with E-state index in [9.17, 15) is 4.79 Å². The Balaban J connectivity index is 2.73. The number of nitrogen functional groups attached to an aromatic ring is 1. The minimum Gasteiger partial charge on any atom is -0.465 e. The molecular formula is C9H11N3O2. The third-order valence-corrected chi connectivity index (χ3v) is 1.68. The van der Waals surface area contributed by atoms with Gasteiger partial charge in [0.25, 0.3) is 0 Å². The fourth-order valence-electron chi connectivity index (χ4n) is 1.03. The molecule has 1 aromatic rings. The highest BCUT2D eigenvalue weighted by molar-refractivity contribution is 5.95. The molecule has 0 atom stereocenters. The Morgan fingerprint density at radius 3 is 2.86 bits per heavy atom. The lowest BCUT2D eigenvalue weighted by Gasteiger charge is -2.03. The molecule has 74 valence electrons. The van der Waals surface area contributed by atoms with Crippen LogP contribution in [0.1, 0.15) is 11.1 Å². The molecule has 0 radical (unpaired) electrons. The number of benzene rings is 1. The molecule has 5 heteroatoms. The first-order chi connectivity index (χ1) is 6.59. The second-order valence-corrected chi connectivity index (χ2v) is 2.77. The second-order valence-electron chi connectivity index (χ2n) is 2.77. The lowest BCUT2D eigenvalue weighted by Crippen LogP contribution is -2.20. The maximum Gasteiger partial charge on any atom is 0.404 e. The predicted molar refractivity (Wildman–Crippen MR) is 52.3 cm³/mol. The van der Waals surface area contributed by atoms with Crippen LogP contribution in [0.3, 0.4) is 0 Å². The van der Waals surface area contributed by atoms with E-state index in [1.54, 1.807) is 24.3 Å². The topological polar surface area (TPSA) is 99.2 Å². The molecule has 1 aromatic carbocycles. The van der Waals surface area contributed by atoms with Gasteiger partial charge in [0.15, 0.2) is 0 Å². The summed E-state index contributed by atoms with van der Waals surface area (Å²) >= 11 is 0. The summed E-state index contributed by atoms with van der Waals surface area (Å²) in [5.74, 6) is -0.0258. The van der Waals surface area contributed by atoms with E-state index in [0.717, 1.165) is 5.56 Å². The zero-order valence-electron chi connectivity index (χ0n) is 7.45. The van der Waals surface area contributed by atoms with Crippen LogP contribution in [0.25, 0.3) is 0 Å². The molecule has 0 spiro atoms. The average molecular weight is 193 g/mol. The van der Waals surface area contributed by atoms with E-state index in [0.29, 0.717) is 5.56 Å². The molecule has 5 N–H and O–H groups in total. The quantitative estimate of drug-likeness (QED) is 0.420. The van der Waals surface area contributed by atoms with Gasteiger partial charge in [-0.25, -0.2) is 4.79 Å². The third-order valence-electron chi connectivity index (χ3n) is 1.68. The first-order valence-electron chi connectivity index (χ1n) is 3.99. The van der Waals surface area contributed by atoms with Crippen LogP contribution in [0.15, 0.2) is 24.3 Å². The predicted octanol–water partition coefficient (Wildman–Crippen LogP) is 0.738. The number of nitrogens with one attached hydrogen (secondary N) is 2. The standard InChI is InChI=1S/C9H11N3O2/c10-8(11)7-3-1-2-6(4-7)5-12-9(13)14/h1-4,12H,5H2,(H3,10,11)(H,13,14). The van der Waals surface area contributed by atoms with E-state index in [4.69, 9.17) is 16.2 Å². The summed E-state index contributed by atoms with van der Waals surface area (Å²) in [5.41, 5.74) is 6.66. The number of amides is 1. The molecular weight excluding hydrogens is 182 g/mol.